The molecule has 0 N–H and O–H groups in total. The number of amides is 1. The predicted octanol–water partition coefficient (Wildman–Crippen LogP) is 4.45. The van der Waals surface area contributed by atoms with E-state index in [2.05, 4.69) is 29.8 Å². The highest BCUT2D eigenvalue weighted by Gasteiger charge is 2.25. The first kappa shape index (κ1) is 17.3. The highest BCUT2D eigenvalue weighted by atomic mass is 35.5. The lowest BCUT2D eigenvalue weighted by molar-refractivity contribution is -0.134. The Labute approximate surface area is 161 Å². The van der Waals surface area contributed by atoms with Gasteiger partial charge in [0.15, 0.2) is 6.61 Å². The summed E-state index contributed by atoms with van der Waals surface area (Å²) in [6.07, 6.45) is 0.851. The minimum Gasteiger partial charge on any atom is -0.482 e. The third kappa shape index (κ3) is 3.04. The fraction of sp³-hybridized carbons (Fsp3) is 0.250. The molecule has 26 heavy (non-hydrogen) atoms. The molecule has 0 unspecified atom stereocenters. The van der Waals surface area contributed by atoms with Crippen LogP contribution in [0.4, 0.5) is 0 Å². The molecule has 3 aromatic rings. The van der Waals surface area contributed by atoms with Crippen LogP contribution in [-0.2, 0) is 24.8 Å². The van der Waals surface area contributed by atoms with Gasteiger partial charge in [0.2, 0.25) is 0 Å². The van der Waals surface area contributed by atoms with Gasteiger partial charge in [-0.15, -0.1) is 0 Å². The Kier molecular flexibility index (Phi) is 4.55. The van der Waals surface area contributed by atoms with Crippen LogP contribution in [0.2, 0.25) is 10.0 Å². The molecule has 2 aromatic carbocycles. The third-order valence-electron chi connectivity index (χ3n) is 4.91. The van der Waals surface area contributed by atoms with Crippen LogP contribution >= 0.6 is 23.2 Å². The number of hydrogen-bond acceptors (Lipinski definition) is 2. The number of ether oxygens (including phenoxy) is 1. The summed E-state index contributed by atoms with van der Waals surface area (Å²) in [5.74, 6) is 0.415. The van der Waals surface area contributed by atoms with E-state index in [9.17, 15) is 4.79 Å². The Morgan fingerprint density at radius 2 is 2.00 bits per heavy atom. The summed E-state index contributed by atoms with van der Waals surface area (Å²) in [6.45, 7) is 1.25. The topological polar surface area (TPSA) is 34.5 Å². The van der Waals surface area contributed by atoms with Crippen LogP contribution in [0.5, 0.6) is 5.75 Å². The van der Waals surface area contributed by atoms with Gasteiger partial charge in [-0.05, 0) is 36.2 Å². The van der Waals surface area contributed by atoms with Crippen LogP contribution in [0.25, 0.3) is 10.9 Å². The molecule has 4 rings (SSSR count). The molecule has 0 saturated heterocycles. The van der Waals surface area contributed by atoms with E-state index in [0.29, 0.717) is 28.9 Å². The number of halogens is 2. The van der Waals surface area contributed by atoms with Crippen molar-refractivity contribution in [1.29, 1.82) is 0 Å². The van der Waals surface area contributed by atoms with Crippen molar-refractivity contribution in [2.45, 2.75) is 13.0 Å². The first-order valence-corrected chi connectivity index (χ1v) is 9.21. The van der Waals surface area contributed by atoms with Gasteiger partial charge in [0, 0.05) is 35.2 Å². The first-order chi connectivity index (χ1) is 12.5. The summed E-state index contributed by atoms with van der Waals surface area (Å²) in [4.78, 5) is 14.4. The van der Waals surface area contributed by atoms with E-state index in [4.69, 9.17) is 27.9 Å². The molecule has 0 bridgehead atoms. The average molecular weight is 389 g/mol. The number of nitrogens with zero attached hydrogens (tertiary/aromatic N) is 2. The number of rotatable bonds is 3. The molecular weight excluding hydrogens is 371 g/mol. The molecule has 0 fully saturated rings. The first-order valence-electron chi connectivity index (χ1n) is 8.45. The lowest BCUT2D eigenvalue weighted by atomic mass is 10.0. The normalized spacial score (nSPS) is 13.7. The van der Waals surface area contributed by atoms with Crippen LogP contribution in [0.15, 0.2) is 42.5 Å². The van der Waals surface area contributed by atoms with Crippen molar-refractivity contribution in [3.8, 4) is 5.75 Å². The van der Waals surface area contributed by atoms with Crippen LogP contribution in [0, 0.1) is 0 Å². The molecular formula is C20H18Cl2N2O2. The van der Waals surface area contributed by atoms with Crippen molar-refractivity contribution in [3.63, 3.8) is 0 Å². The van der Waals surface area contributed by atoms with Gasteiger partial charge in [0.1, 0.15) is 5.75 Å². The molecule has 0 radical (unpaired) electrons. The number of carbonyl (C=O) groups excluding carboxylic acids is 1. The van der Waals surface area contributed by atoms with Gasteiger partial charge in [0.25, 0.3) is 5.91 Å². The van der Waals surface area contributed by atoms with Crippen molar-refractivity contribution in [2.75, 3.05) is 13.2 Å². The van der Waals surface area contributed by atoms with Crippen molar-refractivity contribution >= 4 is 40.0 Å². The number of fused-ring (bicyclic) bond motifs is 3. The van der Waals surface area contributed by atoms with Gasteiger partial charge in [-0.2, -0.15) is 0 Å². The quantitative estimate of drug-likeness (QED) is 0.664. The third-order valence-corrected chi connectivity index (χ3v) is 5.44. The van der Waals surface area contributed by atoms with Gasteiger partial charge in [-0.25, -0.2) is 0 Å². The van der Waals surface area contributed by atoms with Crippen molar-refractivity contribution in [2.24, 2.45) is 7.05 Å². The number of para-hydroxylation sites is 1. The maximum Gasteiger partial charge on any atom is 0.260 e. The number of benzene rings is 2. The van der Waals surface area contributed by atoms with Crippen LogP contribution in [0.1, 0.15) is 11.3 Å². The number of carbonyl (C=O) groups is 1. The standard InChI is InChI=1S/C20H18Cl2N2O2/c1-23-17-5-3-2-4-14(17)15-8-9-24(11-18(15)23)20(25)12-26-19-7-6-13(21)10-16(19)22/h2-7,10H,8-9,11-12H2,1H3. The smallest absolute Gasteiger partial charge is 0.260 e. The van der Waals surface area contributed by atoms with E-state index in [1.54, 1.807) is 18.2 Å². The summed E-state index contributed by atoms with van der Waals surface area (Å²) in [7, 11) is 2.05. The monoisotopic (exact) mass is 388 g/mol. The molecule has 0 aliphatic carbocycles. The maximum absolute atomic E-state index is 12.6. The molecule has 1 aromatic heterocycles. The van der Waals surface area contributed by atoms with E-state index in [1.165, 1.54) is 22.2 Å². The summed E-state index contributed by atoms with van der Waals surface area (Å²) in [5, 5.41) is 2.22. The van der Waals surface area contributed by atoms with Gasteiger partial charge < -0.3 is 14.2 Å². The highest BCUT2D eigenvalue weighted by Crippen LogP contribution is 2.30. The van der Waals surface area contributed by atoms with E-state index in [1.807, 2.05) is 11.0 Å². The molecule has 1 amide bonds. The predicted molar refractivity (Wildman–Crippen MR) is 104 cm³/mol. The van der Waals surface area contributed by atoms with E-state index in [-0.39, 0.29) is 12.5 Å². The second-order valence-electron chi connectivity index (χ2n) is 6.43. The zero-order chi connectivity index (χ0) is 18.3. The molecule has 0 saturated carbocycles. The molecule has 0 atom stereocenters. The molecule has 2 heterocycles. The highest BCUT2D eigenvalue weighted by molar-refractivity contribution is 6.35. The van der Waals surface area contributed by atoms with Crippen LogP contribution in [-0.4, -0.2) is 28.5 Å². The molecule has 1 aliphatic rings. The Morgan fingerprint density at radius 1 is 1.19 bits per heavy atom. The van der Waals surface area contributed by atoms with Gasteiger partial charge in [0.05, 0.1) is 11.6 Å². The van der Waals surface area contributed by atoms with Crippen molar-refractivity contribution in [3.05, 3.63) is 63.8 Å². The Balaban J connectivity index is 1.49. The summed E-state index contributed by atoms with van der Waals surface area (Å²) in [6, 6.07) is 13.3. The average Bonchev–Trinajstić information content (AvgIpc) is 2.93. The van der Waals surface area contributed by atoms with Crippen LogP contribution < -0.4 is 4.74 Å². The van der Waals surface area contributed by atoms with Gasteiger partial charge in [-0.3, -0.25) is 4.79 Å². The van der Waals surface area contributed by atoms with E-state index in [0.717, 1.165) is 6.42 Å². The fourth-order valence-electron chi connectivity index (χ4n) is 3.55. The van der Waals surface area contributed by atoms with Crippen LogP contribution in [0.3, 0.4) is 0 Å². The Bertz CT molecular complexity index is 997. The minimum atomic E-state index is -0.0491. The second-order valence-corrected chi connectivity index (χ2v) is 7.27. The number of aryl methyl sites for hydroxylation is 1. The molecule has 0 spiro atoms. The minimum absolute atomic E-state index is 0.0410. The van der Waals surface area contributed by atoms with E-state index >= 15 is 0 Å². The Hall–Kier alpha value is -2.17. The lowest BCUT2D eigenvalue weighted by Gasteiger charge is -2.28. The summed E-state index contributed by atoms with van der Waals surface area (Å²) in [5.41, 5.74) is 3.74. The van der Waals surface area contributed by atoms with E-state index < -0.39 is 0 Å². The van der Waals surface area contributed by atoms with Crippen molar-refractivity contribution < 1.29 is 9.53 Å². The van der Waals surface area contributed by atoms with Gasteiger partial charge in [-0.1, -0.05) is 41.4 Å². The number of aromatic nitrogens is 1. The SMILES string of the molecule is Cn1c2c(c3ccccc31)CCN(C(=O)COc1ccc(Cl)cc1Cl)C2. The zero-order valence-corrected chi connectivity index (χ0v) is 15.8. The zero-order valence-electron chi connectivity index (χ0n) is 14.3. The van der Waals surface area contributed by atoms with Gasteiger partial charge >= 0.3 is 0 Å². The fourth-order valence-corrected chi connectivity index (χ4v) is 4.01. The summed E-state index contributed by atoms with van der Waals surface area (Å²) >= 11 is 12.0. The van der Waals surface area contributed by atoms with Crippen molar-refractivity contribution in [1.82, 2.24) is 9.47 Å². The maximum atomic E-state index is 12.6. The lowest BCUT2D eigenvalue weighted by Crippen LogP contribution is -2.39. The second kappa shape index (κ2) is 6.86. The molecule has 1 aliphatic heterocycles. The molecule has 6 heteroatoms. The molecule has 134 valence electrons. The largest absolute Gasteiger partial charge is 0.482 e. The molecule has 4 nitrogen and oxygen atoms in total. The summed E-state index contributed by atoms with van der Waals surface area (Å²) < 4.78 is 7.78. The number of hydrogen-bond donors (Lipinski definition) is 0. The Morgan fingerprint density at radius 3 is 2.81 bits per heavy atom.